The normalized spacial score (nSPS) is 12.0. The number of amides is 1. The van der Waals surface area contributed by atoms with Crippen molar-refractivity contribution in [3.63, 3.8) is 0 Å². The Labute approximate surface area is 157 Å². The molecule has 0 spiro atoms. The third-order valence-corrected chi connectivity index (χ3v) is 5.02. The summed E-state index contributed by atoms with van der Waals surface area (Å²) in [6.45, 7) is 4.24. The molecule has 0 aliphatic heterocycles. The predicted molar refractivity (Wildman–Crippen MR) is 103 cm³/mol. The first-order valence-electron chi connectivity index (χ1n) is 8.39. The molecular formula is C20H21N3O2S. The molecule has 26 heavy (non-hydrogen) atoms. The molecule has 1 atom stereocenters. The van der Waals surface area contributed by atoms with Gasteiger partial charge in [0, 0.05) is 17.5 Å². The molecule has 0 saturated heterocycles. The Bertz CT molecular complexity index is 862. The molecule has 1 heterocycles. The number of rotatable bonds is 6. The van der Waals surface area contributed by atoms with Gasteiger partial charge in [0.25, 0.3) is 0 Å². The lowest BCUT2D eigenvalue weighted by molar-refractivity contribution is -0.129. The lowest BCUT2D eigenvalue weighted by Gasteiger charge is -2.19. The highest BCUT2D eigenvalue weighted by Gasteiger charge is 2.21. The van der Waals surface area contributed by atoms with E-state index in [9.17, 15) is 4.79 Å². The van der Waals surface area contributed by atoms with E-state index in [2.05, 4.69) is 10.2 Å². The molecule has 0 bridgehead atoms. The minimum Gasteiger partial charge on any atom is -0.419 e. The summed E-state index contributed by atoms with van der Waals surface area (Å²) >= 11 is 1.54. The fourth-order valence-corrected chi connectivity index (χ4v) is 3.46. The largest absolute Gasteiger partial charge is 0.419 e. The summed E-state index contributed by atoms with van der Waals surface area (Å²) < 4.78 is 5.68. The molecule has 0 N–H and O–H groups in total. The van der Waals surface area contributed by atoms with Gasteiger partial charge in [-0.3, -0.25) is 4.79 Å². The van der Waals surface area contributed by atoms with Gasteiger partial charge in [0.05, 0.1) is 11.8 Å². The molecular weight excluding hydrogens is 346 g/mol. The van der Waals surface area contributed by atoms with E-state index in [1.807, 2.05) is 68.4 Å². The molecule has 134 valence electrons. The Morgan fingerprint density at radius 2 is 1.81 bits per heavy atom. The molecule has 0 fully saturated rings. The Kier molecular flexibility index (Phi) is 5.73. The fourth-order valence-electron chi connectivity index (χ4n) is 2.48. The monoisotopic (exact) mass is 367 g/mol. The second-order valence-electron chi connectivity index (χ2n) is 6.13. The van der Waals surface area contributed by atoms with E-state index >= 15 is 0 Å². The van der Waals surface area contributed by atoms with Crippen LogP contribution in [0.3, 0.4) is 0 Å². The molecule has 0 unspecified atom stereocenters. The topological polar surface area (TPSA) is 59.2 Å². The van der Waals surface area contributed by atoms with Crippen molar-refractivity contribution in [2.24, 2.45) is 0 Å². The van der Waals surface area contributed by atoms with Crippen LogP contribution in [0.4, 0.5) is 0 Å². The van der Waals surface area contributed by atoms with Gasteiger partial charge in [-0.1, -0.05) is 35.9 Å². The Balaban J connectivity index is 1.60. The van der Waals surface area contributed by atoms with Gasteiger partial charge >= 0.3 is 0 Å². The van der Waals surface area contributed by atoms with E-state index in [4.69, 9.17) is 4.42 Å². The predicted octanol–water partition coefficient (Wildman–Crippen LogP) is 4.18. The average molecular weight is 367 g/mol. The van der Waals surface area contributed by atoms with E-state index in [1.165, 1.54) is 5.56 Å². The minimum absolute atomic E-state index is 0.0232. The van der Waals surface area contributed by atoms with Gasteiger partial charge in [0.15, 0.2) is 0 Å². The van der Waals surface area contributed by atoms with E-state index in [-0.39, 0.29) is 17.7 Å². The number of thioether (sulfide) groups is 1. The molecule has 1 aromatic heterocycles. The summed E-state index contributed by atoms with van der Waals surface area (Å²) in [5.41, 5.74) is 2.07. The summed E-state index contributed by atoms with van der Waals surface area (Å²) in [6.07, 6.45) is 0. The number of carbonyl (C=O) groups excluding carboxylic acids is 1. The summed E-state index contributed by atoms with van der Waals surface area (Å²) in [5, 5.41) is 7.92. The summed E-state index contributed by atoms with van der Waals surface area (Å²) in [4.78, 5) is 15.3. The Hall–Kier alpha value is -2.60. The highest BCUT2D eigenvalue weighted by atomic mass is 32.2. The second kappa shape index (κ2) is 8.19. The van der Waals surface area contributed by atoms with Crippen molar-refractivity contribution < 1.29 is 9.21 Å². The molecule has 0 radical (unpaired) electrons. The van der Waals surface area contributed by atoms with Gasteiger partial charge < -0.3 is 9.32 Å². The van der Waals surface area contributed by atoms with Crippen molar-refractivity contribution in [3.8, 4) is 11.5 Å². The van der Waals surface area contributed by atoms with Gasteiger partial charge in [-0.2, -0.15) is 0 Å². The van der Waals surface area contributed by atoms with E-state index in [0.717, 1.165) is 10.5 Å². The van der Waals surface area contributed by atoms with Crippen LogP contribution in [0.5, 0.6) is 0 Å². The SMILES string of the molecule is Cc1ccc(S[C@H](C)C(=O)N(C)Cc2nnc(-c3ccccc3)o2)cc1. The third-order valence-electron chi connectivity index (χ3n) is 3.92. The van der Waals surface area contributed by atoms with Crippen LogP contribution in [-0.2, 0) is 11.3 Å². The number of carbonyl (C=O) groups is 1. The van der Waals surface area contributed by atoms with E-state index in [0.29, 0.717) is 11.8 Å². The van der Waals surface area contributed by atoms with Crippen molar-refractivity contribution in [1.29, 1.82) is 0 Å². The molecule has 2 aromatic carbocycles. The van der Waals surface area contributed by atoms with E-state index < -0.39 is 0 Å². The number of hydrogen-bond acceptors (Lipinski definition) is 5. The number of benzene rings is 2. The van der Waals surface area contributed by atoms with Gasteiger partial charge in [0.1, 0.15) is 0 Å². The lowest BCUT2D eigenvalue weighted by atomic mass is 10.2. The van der Waals surface area contributed by atoms with Gasteiger partial charge in [-0.25, -0.2) is 0 Å². The molecule has 3 aromatic rings. The molecule has 3 rings (SSSR count). The quantitative estimate of drug-likeness (QED) is 0.612. The summed E-state index contributed by atoms with van der Waals surface area (Å²) in [7, 11) is 1.75. The Morgan fingerprint density at radius 1 is 1.12 bits per heavy atom. The molecule has 6 heteroatoms. The minimum atomic E-state index is -0.195. The third kappa shape index (κ3) is 4.52. The molecule has 0 saturated carbocycles. The lowest BCUT2D eigenvalue weighted by Crippen LogP contribution is -2.32. The zero-order valence-electron chi connectivity index (χ0n) is 15.0. The second-order valence-corrected chi connectivity index (χ2v) is 7.55. The first-order chi connectivity index (χ1) is 12.5. The molecule has 1 amide bonds. The van der Waals surface area contributed by atoms with Crippen LogP contribution in [0.15, 0.2) is 63.9 Å². The highest BCUT2D eigenvalue weighted by Crippen LogP contribution is 2.25. The molecule has 0 aliphatic rings. The van der Waals surface area contributed by atoms with Crippen LogP contribution in [0.25, 0.3) is 11.5 Å². The van der Waals surface area contributed by atoms with Gasteiger partial charge in [-0.05, 0) is 38.1 Å². The first kappa shape index (κ1) is 18.2. The maximum atomic E-state index is 12.6. The zero-order valence-corrected chi connectivity index (χ0v) is 15.9. The summed E-state index contributed by atoms with van der Waals surface area (Å²) in [5.74, 6) is 0.908. The van der Waals surface area contributed by atoms with Crippen molar-refractivity contribution in [3.05, 3.63) is 66.1 Å². The van der Waals surface area contributed by atoms with Crippen LogP contribution in [0, 0.1) is 6.92 Å². The first-order valence-corrected chi connectivity index (χ1v) is 9.27. The molecule has 5 nitrogen and oxygen atoms in total. The van der Waals surface area contributed by atoms with Crippen molar-refractivity contribution >= 4 is 17.7 Å². The maximum Gasteiger partial charge on any atom is 0.247 e. The molecule has 0 aliphatic carbocycles. The van der Waals surface area contributed by atoms with Crippen molar-refractivity contribution in [2.75, 3.05) is 7.05 Å². The number of aryl methyl sites for hydroxylation is 1. The average Bonchev–Trinajstić information content (AvgIpc) is 3.12. The van der Waals surface area contributed by atoms with Crippen LogP contribution < -0.4 is 0 Å². The Morgan fingerprint density at radius 3 is 2.50 bits per heavy atom. The standard InChI is InChI=1S/C20H21N3O2S/c1-14-9-11-17(12-10-14)26-15(2)20(24)23(3)13-18-21-22-19(25-18)16-7-5-4-6-8-16/h4-12,15H,13H2,1-3H3/t15-/m1/s1. The van der Waals surface area contributed by atoms with Crippen LogP contribution in [-0.4, -0.2) is 33.3 Å². The highest BCUT2D eigenvalue weighted by molar-refractivity contribution is 8.00. The van der Waals surface area contributed by atoms with Gasteiger partial charge in [-0.15, -0.1) is 22.0 Å². The smallest absolute Gasteiger partial charge is 0.247 e. The van der Waals surface area contributed by atoms with Crippen LogP contribution >= 0.6 is 11.8 Å². The fraction of sp³-hybridized carbons (Fsp3) is 0.250. The zero-order chi connectivity index (χ0) is 18.5. The van der Waals surface area contributed by atoms with Crippen molar-refractivity contribution in [2.45, 2.75) is 30.5 Å². The number of nitrogens with zero attached hydrogens (tertiary/aromatic N) is 3. The number of hydrogen-bond donors (Lipinski definition) is 0. The van der Waals surface area contributed by atoms with E-state index in [1.54, 1.807) is 23.7 Å². The van der Waals surface area contributed by atoms with Crippen LogP contribution in [0.1, 0.15) is 18.4 Å². The number of aromatic nitrogens is 2. The van der Waals surface area contributed by atoms with Crippen LogP contribution in [0.2, 0.25) is 0 Å². The van der Waals surface area contributed by atoms with Crippen molar-refractivity contribution in [1.82, 2.24) is 15.1 Å². The maximum absolute atomic E-state index is 12.6. The van der Waals surface area contributed by atoms with Gasteiger partial charge in [0.2, 0.25) is 17.7 Å². The summed E-state index contributed by atoms with van der Waals surface area (Å²) in [6, 6.07) is 17.7.